The van der Waals surface area contributed by atoms with E-state index in [-0.39, 0.29) is 11.8 Å². The summed E-state index contributed by atoms with van der Waals surface area (Å²) >= 11 is 0. The van der Waals surface area contributed by atoms with Crippen LogP contribution in [-0.4, -0.2) is 5.66 Å². The van der Waals surface area contributed by atoms with Crippen molar-refractivity contribution in [3.63, 3.8) is 0 Å². The molecule has 0 radical (unpaired) electrons. The van der Waals surface area contributed by atoms with Gasteiger partial charge in [-0.15, -0.1) is 0 Å². The molecule has 3 rings (SSSR count). The Hall–Kier alpha value is -3.36. The van der Waals surface area contributed by atoms with E-state index in [1.165, 1.54) is 5.56 Å². The molecule has 0 amide bonds. The second-order valence-electron chi connectivity index (χ2n) is 8.08. The van der Waals surface area contributed by atoms with Gasteiger partial charge in [0.15, 0.2) is 0 Å². The van der Waals surface area contributed by atoms with Crippen LogP contribution in [0.15, 0.2) is 90.5 Å². The minimum atomic E-state index is -1.18. The highest BCUT2D eigenvalue weighted by Gasteiger charge is 2.52. The first-order valence-corrected chi connectivity index (χ1v) is 10.5. The summed E-state index contributed by atoms with van der Waals surface area (Å²) in [5, 5.41) is 0. The van der Waals surface area contributed by atoms with Gasteiger partial charge in [-0.25, -0.2) is 22.8 Å². The Morgan fingerprint density at radius 2 is 1.73 bits per heavy atom. The highest BCUT2D eigenvalue weighted by atomic mass is 15.0. The maximum absolute atomic E-state index is 7.92. The minimum Gasteiger partial charge on any atom is -0.226 e. The summed E-state index contributed by atoms with van der Waals surface area (Å²) < 4.78 is 0. The molecule has 0 aliphatic heterocycles. The second-order valence-corrected chi connectivity index (χ2v) is 8.08. The molecule has 150 valence electrons. The quantitative estimate of drug-likeness (QED) is 0.337. The van der Waals surface area contributed by atoms with Gasteiger partial charge in [-0.2, -0.15) is 0 Å². The maximum Gasteiger partial charge on any atom is 0.509 e. The predicted octanol–water partition coefficient (Wildman–Crippen LogP) is 7.71. The summed E-state index contributed by atoms with van der Waals surface area (Å²) in [6, 6.07) is 20.8. The van der Waals surface area contributed by atoms with Crippen LogP contribution < -0.4 is 0 Å². The normalized spacial score (nSPS) is 17.6. The van der Waals surface area contributed by atoms with E-state index in [1.807, 2.05) is 31.2 Å². The number of hydrogen-bond acceptors (Lipinski definition) is 0. The van der Waals surface area contributed by atoms with Gasteiger partial charge >= 0.3 is 5.66 Å². The van der Waals surface area contributed by atoms with Crippen molar-refractivity contribution in [1.82, 2.24) is 0 Å². The Kier molecular flexibility index (Phi) is 7.05. The van der Waals surface area contributed by atoms with E-state index in [2.05, 4.69) is 70.9 Å². The summed E-state index contributed by atoms with van der Waals surface area (Å²) in [6.45, 7) is 21.8. The molecule has 0 unspecified atom stereocenters. The monoisotopic (exact) mass is 392 g/mol. The van der Waals surface area contributed by atoms with Crippen LogP contribution in [0.3, 0.4) is 0 Å². The van der Waals surface area contributed by atoms with Crippen LogP contribution in [0.25, 0.3) is 15.8 Å². The third kappa shape index (κ3) is 4.79. The van der Waals surface area contributed by atoms with E-state index in [1.54, 1.807) is 0 Å². The van der Waals surface area contributed by atoms with Crippen molar-refractivity contribution in [1.29, 1.82) is 0 Å². The zero-order valence-corrected chi connectivity index (χ0v) is 17.6. The van der Waals surface area contributed by atoms with Crippen LogP contribution in [0.2, 0.25) is 0 Å². The van der Waals surface area contributed by atoms with Gasteiger partial charge in [0.05, 0.1) is 0 Å². The predicted molar refractivity (Wildman–Crippen MR) is 125 cm³/mol. The minimum absolute atomic E-state index is 0.117. The number of nitrogens with zero attached hydrogens (tertiary/aromatic N) is 2. The molecule has 0 aromatic heterocycles. The Balaban J connectivity index is 2.07. The summed E-state index contributed by atoms with van der Waals surface area (Å²) in [7, 11) is 0. The lowest BCUT2D eigenvalue weighted by molar-refractivity contribution is 0.427. The molecule has 0 fully saturated rings. The number of hydrogen-bond donors (Lipinski definition) is 0. The fourth-order valence-electron chi connectivity index (χ4n) is 4.42. The standard InChI is InChI=1S/C28H28N2/c1-22(2)21-28(29-3,30-4)27-18-12-11-17-26(27)25(24-15-9-6-10-16-24)20-19-23-13-7-5-8-14-23/h5-10,13-16,18-20,25-26H,1,11-12,17,21H2,2H3/b20-19+/t25-,26-/m0/s1. The van der Waals surface area contributed by atoms with Gasteiger partial charge in [0.2, 0.25) is 0 Å². The fourth-order valence-corrected chi connectivity index (χ4v) is 4.42. The van der Waals surface area contributed by atoms with Gasteiger partial charge in [0.25, 0.3) is 0 Å². The van der Waals surface area contributed by atoms with Gasteiger partial charge in [-0.05, 0) is 37.3 Å². The Morgan fingerprint density at radius 1 is 1.10 bits per heavy atom. The molecule has 0 heterocycles. The van der Waals surface area contributed by atoms with Crippen molar-refractivity contribution in [3.05, 3.63) is 125 Å². The first kappa shape index (κ1) is 21.4. The van der Waals surface area contributed by atoms with E-state index in [0.717, 1.165) is 36.0 Å². The van der Waals surface area contributed by atoms with Gasteiger partial charge < -0.3 is 0 Å². The molecule has 0 N–H and O–H groups in total. The van der Waals surface area contributed by atoms with Crippen molar-refractivity contribution >= 4 is 6.08 Å². The lowest BCUT2D eigenvalue weighted by Gasteiger charge is -2.31. The van der Waals surface area contributed by atoms with Crippen LogP contribution in [-0.2, 0) is 0 Å². The topological polar surface area (TPSA) is 8.72 Å². The molecule has 2 atom stereocenters. The fraction of sp³-hybridized carbons (Fsp3) is 0.286. The molecule has 1 aliphatic carbocycles. The van der Waals surface area contributed by atoms with Gasteiger partial charge in [-0.1, -0.05) is 91.0 Å². The van der Waals surface area contributed by atoms with Crippen molar-refractivity contribution in [2.24, 2.45) is 5.92 Å². The smallest absolute Gasteiger partial charge is 0.226 e. The lowest BCUT2D eigenvalue weighted by atomic mass is 9.70. The number of rotatable bonds is 7. The van der Waals surface area contributed by atoms with Crippen molar-refractivity contribution in [3.8, 4) is 0 Å². The highest BCUT2D eigenvalue weighted by molar-refractivity contribution is 5.52. The van der Waals surface area contributed by atoms with Crippen LogP contribution in [0, 0.1) is 19.1 Å². The van der Waals surface area contributed by atoms with Crippen LogP contribution in [0.4, 0.5) is 0 Å². The number of benzene rings is 2. The van der Waals surface area contributed by atoms with E-state index in [4.69, 9.17) is 13.1 Å². The van der Waals surface area contributed by atoms with Gasteiger partial charge in [-0.3, -0.25) is 0 Å². The Morgan fingerprint density at radius 3 is 2.33 bits per heavy atom. The highest BCUT2D eigenvalue weighted by Crippen LogP contribution is 2.46. The molecular formula is C28H28N2. The third-order valence-corrected chi connectivity index (χ3v) is 5.78. The maximum atomic E-state index is 7.92. The molecule has 2 heteroatoms. The Bertz CT molecular complexity index is 986. The van der Waals surface area contributed by atoms with E-state index in [9.17, 15) is 0 Å². The van der Waals surface area contributed by atoms with Crippen molar-refractivity contribution in [2.45, 2.75) is 44.2 Å². The summed E-state index contributed by atoms with van der Waals surface area (Å²) in [6.07, 6.45) is 9.97. The molecule has 2 nitrogen and oxygen atoms in total. The molecule has 0 bridgehead atoms. The largest absolute Gasteiger partial charge is 0.509 e. The average molecular weight is 393 g/mol. The average Bonchev–Trinajstić information content (AvgIpc) is 2.79. The molecule has 0 saturated carbocycles. The molecule has 0 saturated heterocycles. The molecule has 30 heavy (non-hydrogen) atoms. The first-order valence-electron chi connectivity index (χ1n) is 10.5. The Labute approximate surface area is 180 Å². The third-order valence-electron chi connectivity index (χ3n) is 5.78. The summed E-state index contributed by atoms with van der Waals surface area (Å²) in [4.78, 5) is 7.78. The van der Waals surface area contributed by atoms with Crippen molar-refractivity contribution in [2.75, 3.05) is 0 Å². The number of allylic oxidation sites excluding steroid dienone is 2. The van der Waals surface area contributed by atoms with Gasteiger partial charge in [0, 0.05) is 11.8 Å². The first-order chi connectivity index (χ1) is 14.6. The van der Waals surface area contributed by atoms with Crippen molar-refractivity contribution < 1.29 is 0 Å². The lowest BCUT2D eigenvalue weighted by Crippen LogP contribution is -2.32. The SMILES string of the molecule is [C-]#[N+]C(CC(=C)C)([N+]#[C-])C1=CCCC[C@H]1[C@@H](/C=C/c1ccccc1)c1ccccc1. The van der Waals surface area contributed by atoms with Crippen LogP contribution in [0.1, 0.15) is 49.7 Å². The van der Waals surface area contributed by atoms with E-state index in [0.29, 0.717) is 6.42 Å². The summed E-state index contributed by atoms with van der Waals surface area (Å²) in [5.41, 5.74) is 3.06. The zero-order valence-electron chi connectivity index (χ0n) is 17.6. The molecular weight excluding hydrogens is 364 g/mol. The molecule has 2 aromatic rings. The van der Waals surface area contributed by atoms with E-state index < -0.39 is 5.66 Å². The van der Waals surface area contributed by atoms with Gasteiger partial charge in [0.1, 0.15) is 12.0 Å². The zero-order chi connectivity index (χ0) is 21.4. The van der Waals surface area contributed by atoms with Crippen LogP contribution in [0.5, 0.6) is 0 Å². The van der Waals surface area contributed by atoms with E-state index >= 15 is 0 Å². The second kappa shape index (κ2) is 9.91. The molecule has 2 aromatic carbocycles. The van der Waals surface area contributed by atoms with Crippen LogP contribution >= 0.6 is 0 Å². The molecule has 1 aliphatic rings. The summed E-state index contributed by atoms with van der Waals surface area (Å²) in [5.74, 6) is 0.245. The molecule has 0 spiro atoms.